The molecule has 4 unspecified atom stereocenters. The molecule has 1 aromatic rings. The fraction of sp³-hybridized carbons (Fsp3) is 0.600. The van der Waals surface area contributed by atoms with Crippen LogP contribution in [0.25, 0.3) is 0 Å². The first kappa shape index (κ1) is 16.0. The van der Waals surface area contributed by atoms with Crippen molar-refractivity contribution in [3.8, 4) is 0 Å². The van der Waals surface area contributed by atoms with Crippen molar-refractivity contribution in [2.75, 3.05) is 19.5 Å². The van der Waals surface area contributed by atoms with E-state index in [4.69, 9.17) is 24.6 Å². The fourth-order valence-electron chi connectivity index (χ4n) is 2.15. The molecule has 0 spiro atoms. The van der Waals surface area contributed by atoms with E-state index in [2.05, 4.69) is 4.98 Å². The molecule has 1 aromatic heterocycles. The Bertz CT molecular complexity index is 588. The fourth-order valence-corrected chi connectivity index (χ4v) is 2.61. The SMILES string of the molecule is COC1(CO)OC(n2ccc(N)nc2=O)CC1O[P+](=O)O. The van der Waals surface area contributed by atoms with E-state index >= 15 is 0 Å². The molecule has 0 aromatic carbocycles. The van der Waals surface area contributed by atoms with Gasteiger partial charge in [0.05, 0.1) is 0 Å². The second-order valence-corrected chi connectivity index (χ2v) is 5.04. The van der Waals surface area contributed by atoms with Crippen molar-refractivity contribution in [3.63, 3.8) is 0 Å². The third-order valence-corrected chi connectivity index (χ3v) is 3.62. The maximum atomic E-state index is 11.8. The van der Waals surface area contributed by atoms with Crippen LogP contribution < -0.4 is 11.4 Å². The molecule has 0 aliphatic carbocycles. The topological polar surface area (TPSA) is 146 Å². The van der Waals surface area contributed by atoms with Crippen molar-refractivity contribution in [3.05, 3.63) is 22.7 Å². The first-order valence-electron chi connectivity index (χ1n) is 5.93. The van der Waals surface area contributed by atoms with Gasteiger partial charge in [0.25, 0.3) is 0 Å². The molecule has 11 heteroatoms. The number of rotatable bonds is 5. The summed E-state index contributed by atoms with van der Waals surface area (Å²) in [6.07, 6.45) is -0.524. The van der Waals surface area contributed by atoms with Gasteiger partial charge in [0.15, 0.2) is 6.10 Å². The van der Waals surface area contributed by atoms with Gasteiger partial charge in [-0.1, -0.05) is 0 Å². The number of methoxy groups -OCH3 is 1. The Labute approximate surface area is 120 Å². The van der Waals surface area contributed by atoms with Crippen molar-refractivity contribution >= 4 is 14.1 Å². The minimum atomic E-state index is -2.93. The number of aromatic nitrogens is 2. The van der Waals surface area contributed by atoms with Crippen molar-refractivity contribution in [2.24, 2.45) is 0 Å². The van der Waals surface area contributed by atoms with Crippen LogP contribution >= 0.6 is 8.25 Å². The van der Waals surface area contributed by atoms with E-state index in [0.29, 0.717) is 0 Å². The van der Waals surface area contributed by atoms with Gasteiger partial charge in [-0.15, -0.1) is 9.42 Å². The van der Waals surface area contributed by atoms with E-state index in [1.54, 1.807) is 0 Å². The summed E-state index contributed by atoms with van der Waals surface area (Å²) in [5.41, 5.74) is 4.74. The Morgan fingerprint density at radius 1 is 1.71 bits per heavy atom. The van der Waals surface area contributed by atoms with E-state index in [-0.39, 0.29) is 12.2 Å². The summed E-state index contributed by atoms with van der Waals surface area (Å²) in [5, 5.41) is 9.45. The second-order valence-electron chi connectivity index (χ2n) is 4.36. The van der Waals surface area contributed by atoms with Crippen LogP contribution in [0.1, 0.15) is 12.6 Å². The van der Waals surface area contributed by atoms with Gasteiger partial charge in [0.2, 0.25) is 5.79 Å². The van der Waals surface area contributed by atoms with Gasteiger partial charge in [-0.25, -0.2) is 4.79 Å². The Kier molecular flexibility index (Phi) is 4.67. The van der Waals surface area contributed by atoms with Crippen LogP contribution in [0.3, 0.4) is 0 Å². The van der Waals surface area contributed by atoms with E-state index in [0.717, 1.165) is 4.57 Å². The predicted octanol–water partition coefficient (Wildman–Crippen LogP) is -0.886. The largest absolute Gasteiger partial charge is 0.695 e. The van der Waals surface area contributed by atoms with E-state index in [9.17, 15) is 14.5 Å². The van der Waals surface area contributed by atoms with Gasteiger partial charge >= 0.3 is 13.9 Å². The van der Waals surface area contributed by atoms with E-state index < -0.39 is 38.7 Å². The van der Waals surface area contributed by atoms with Crippen LogP contribution in [0.2, 0.25) is 0 Å². The van der Waals surface area contributed by atoms with Crippen LogP contribution in [0, 0.1) is 0 Å². The highest BCUT2D eigenvalue weighted by Gasteiger charge is 2.54. The zero-order valence-corrected chi connectivity index (χ0v) is 12.0. The smallest absolute Gasteiger partial charge is 0.391 e. The van der Waals surface area contributed by atoms with Gasteiger partial charge in [0, 0.05) is 24.3 Å². The maximum Gasteiger partial charge on any atom is 0.695 e. The van der Waals surface area contributed by atoms with Crippen LogP contribution in [-0.4, -0.2) is 45.2 Å². The molecule has 4 atom stereocenters. The number of hydrogen-bond donors (Lipinski definition) is 3. The molecule has 1 aliphatic rings. The van der Waals surface area contributed by atoms with E-state index in [1.165, 1.54) is 19.4 Å². The van der Waals surface area contributed by atoms with Gasteiger partial charge in [0.1, 0.15) is 18.7 Å². The van der Waals surface area contributed by atoms with Crippen LogP contribution in [0.15, 0.2) is 17.1 Å². The van der Waals surface area contributed by atoms with Gasteiger partial charge in [-0.2, -0.15) is 4.98 Å². The summed E-state index contributed by atoms with van der Waals surface area (Å²) < 4.78 is 27.4. The lowest BCUT2D eigenvalue weighted by molar-refractivity contribution is -0.266. The standard InChI is InChI=1S/C10H14N3O7P/c1-18-10(5-14)6(20-21(16)17)4-8(19-10)13-3-2-7(11)12-9(13)15/h2-3,6,8,14H,4-5H2,1H3,(H2-,11,12,15,16,17)/p+1. The van der Waals surface area contributed by atoms with Crippen molar-refractivity contribution in [2.45, 2.75) is 24.5 Å². The van der Waals surface area contributed by atoms with Gasteiger partial charge < -0.3 is 20.3 Å². The Morgan fingerprint density at radius 2 is 2.43 bits per heavy atom. The lowest BCUT2D eigenvalue weighted by Crippen LogP contribution is -2.45. The molecule has 2 rings (SSSR count). The molecule has 2 heterocycles. The number of aliphatic hydroxyl groups excluding tert-OH is 1. The Hall–Kier alpha value is -1.42. The van der Waals surface area contributed by atoms with Crippen molar-refractivity contribution in [1.29, 1.82) is 0 Å². The molecule has 21 heavy (non-hydrogen) atoms. The number of ether oxygens (including phenoxy) is 2. The normalized spacial score (nSPS) is 29.6. The molecule has 0 bridgehead atoms. The third-order valence-electron chi connectivity index (χ3n) is 3.19. The van der Waals surface area contributed by atoms with Crippen molar-refractivity contribution < 1.29 is 28.6 Å². The van der Waals surface area contributed by atoms with Crippen molar-refractivity contribution in [1.82, 2.24) is 9.55 Å². The molecule has 0 saturated carbocycles. The molecular weight excluding hydrogens is 305 g/mol. The van der Waals surface area contributed by atoms with Crippen LogP contribution in [0.5, 0.6) is 0 Å². The summed E-state index contributed by atoms with van der Waals surface area (Å²) in [4.78, 5) is 24.2. The summed E-state index contributed by atoms with van der Waals surface area (Å²) in [5.74, 6) is -1.58. The Morgan fingerprint density at radius 3 is 2.95 bits per heavy atom. The molecular formula is C10H15N3O7P+. The van der Waals surface area contributed by atoms with Crippen LogP contribution in [0.4, 0.5) is 5.82 Å². The number of nitrogens with zero attached hydrogens (tertiary/aromatic N) is 2. The number of anilines is 1. The molecule has 10 nitrogen and oxygen atoms in total. The first-order valence-corrected chi connectivity index (χ1v) is 7.06. The molecule has 1 fully saturated rings. The lowest BCUT2D eigenvalue weighted by Gasteiger charge is -2.27. The molecule has 4 N–H and O–H groups in total. The number of hydrogen-bond acceptors (Lipinski definition) is 8. The summed E-state index contributed by atoms with van der Waals surface area (Å²) >= 11 is 0. The zero-order valence-electron chi connectivity index (χ0n) is 11.1. The highest BCUT2D eigenvalue weighted by atomic mass is 31.1. The zero-order chi connectivity index (χ0) is 15.6. The molecule has 1 aliphatic heterocycles. The summed E-state index contributed by atoms with van der Waals surface area (Å²) in [6.45, 7) is -0.620. The highest BCUT2D eigenvalue weighted by molar-refractivity contribution is 7.32. The molecule has 0 radical (unpaired) electrons. The quantitative estimate of drug-likeness (QED) is 0.588. The first-order chi connectivity index (χ1) is 9.91. The molecule has 1 saturated heterocycles. The Balaban J connectivity index is 2.32. The summed E-state index contributed by atoms with van der Waals surface area (Å²) in [7, 11) is -1.67. The minimum absolute atomic E-state index is 0.0154. The number of aliphatic hydroxyl groups is 1. The van der Waals surface area contributed by atoms with Crippen LogP contribution in [-0.2, 0) is 18.6 Å². The number of nitrogen functional groups attached to an aromatic ring is 1. The number of nitrogens with two attached hydrogens (primary N) is 1. The van der Waals surface area contributed by atoms with E-state index in [1.807, 2.05) is 0 Å². The molecule has 0 amide bonds. The minimum Gasteiger partial charge on any atom is -0.391 e. The highest BCUT2D eigenvalue weighted by Crippen LogP contribution is 2.41. The van der Waals surface area contributed by atoms with Gasteiger partial charge in [-0.3, -0.25) is 4.57 Å². The predicted molar refractivity (Wildman–Crippen MR) is 69.2 cm³/mol. The van der Waals surface area contributed by atoms with Gasteiger partial charge in [-0.05, 0) is 6.07 Å². The maximum absolute atomic E-state index is 11.8. The third kappa shape index (κ3) is 3.10. The summed E-state index contributed by atoms with van der Waals surface area (Å²) in [6, 6.07) is 1.40. The average Bonchev–Trinajstić information content (AvgIpc) is 2.77. The lowest BCUT2D eigenvalue weighted by atomic mass is 10.1. The second kappa shape index (κ2) is 6.14. The average molecular weight is 320 g/mol. The monoisotopic (exact) mass is 320 g/mol. The molecule has 116 valence electrons.